The average Bonchev–Trinajstić information content (AvgIpc) is 3.13. The largest absolute Gasteiger partial charge is 0.494 e. The second-order valence-corrected chi connectivity index (χ2v) is 6.50. The van der Waals surface area contributed by atoms with E-state index in [1.807, 2.05) is 43.3 Å². The maximum absolute atomic E-state index is 11.3. The van der Waals surface area contributed by atoms with Crippen LogP contribution in [-0.2, 0) is 4.74 Å². The fourth-order valence-electron chi connectivity index (χ4n) is 2.55. The number of fused-ring (bicyclic) bond motifs is 1. The molecule has 7 nitrogen and oxygen atoms in total. The van der Waals surface area contributed by atoms with E-state index in [1.54, 1.807) is 13.3 Å². The molecule has 29 heavy (non-hydrogen) atoms. The van der Waals surface area contributed by atoms with Crippen molar-refractivity contribution >= 4 is 22.5 Å². The number of carbonyl (C=O) groups excluding carboxylic acids is 1. The van der Waals surface area contributed by atoms with Crippen molar-refractivity contribution in [2.45, 2.75) is 27.2 Å². The molecule has 3 aromatic rings. The predicted octanol–water partition coefficient (Wildman–Crippen LogP) is 4.09. The number of nitrogens with zero attached hydrogens (tertiary/aromatic N) is 2. The van der Waals surface area contributed by atoms with Crippen LogP contribution in [0.1, 0.15) is 30.6 Å². The van der Waals surface area contributed by atoms with Crippen LogP contribution in [0.15, 0.2) is 42.6 Å². The highest BCUT2D eigenvalue weighted by molar-refractivity contribution is 5.90. The zero-order chi connectivity index (χ0) is 21.2. The van der Waals surface area contributed by atoms with Crippen LogP contribution in [0.5, 0.6) is 11.5 Å². The smallest absolute Gasteiger partial charge is 0.244 e. The minimum atomic E-state index is -0.104. The van der Waals surface area contributed by atoms with Gasteiger partial charge in [-0.15, -0.1) is 0 Å². The number of ether oxygens (including phenoxy) is 3. The summed E-state index contributed by atoms with van der Waals surface area (Å²) < 4.78 is 17.2. The molecule has 0 saturated heterocycles. The Bertz CT molecular complexity index is 937. The van der Waals surface area contributed by atoms with Gasteiger partial charge in [-0.3, -0.25) is 4.79 Å². The second kappa shape index (κ2) is 11.1. The van der Waals surface area contributed by atoms with E-state index < -0.39 is 0 Å². The van der Waals surface area contributed by atoms with Gasteiger partial charge in [0.1, 0.15) is 18.1 Å². The third kappa shape index (κ3) is 6.50. The zero-order valence-electron chi connectivity index (χ0n) is 17.5. The van der Waals surface area contributed by atoms with Crippen LogP contribution in [-0.4, -0.2) is 42.6 Å². The maximum atomic E-state index is 11.3. The third-order valence-corrected chi connectivity index (χ3v) is 4.11. The molecule has 3 rings (SSSR count). The van der Waals surface area contributed by atoms with Gasteiger partial charge >= 0.3 is 0 Å². The van der Waals surface area contributed by atoms with Crippen molar-refractivity contribution < 1.29 is 19.0 Å². The van der Waals surface area contributed by atoms with Crippen LogP contribution in [0.2, 0.25) is 0 Å². The average molecular weight is 399 g/mol. The lowest BCUT2D eigenvalue weighted by Crippen LogP contribution is -2.06. The lowest BCUT2D eigenvalue weighted by Gasteiger charge is -2.06. The summed E-state index contributed by atoms with van der Waals surface area (Å²) in [6.45, 7) is 7.37. The van der Waals surface area contributed by atoms with Crippen LogP contribution < -0.4 is 15.2 Å². The normalized spacial score (nSPS) is 10.3. The fourth-order valence-corrected chi connectivity index (χ4v) is 2.55. The van der Waals surface area contributed by atoms with Crippen molar-refractivity contribution in [3.05, 3.63) is 48.2 Å². The maximum Gasteiger partial charge on any atom is 0.244 e. The Labute approximate surface area is 171 Å². The topological polar surface area (TPSA) is 88.6 Å². The Morgan fingerprint density at radius 3 is 2.41 bits per heavy atom. The molecule has 7 heteroatoms. The summed E-state index contributed by atoms with van der Waals surface area (Å²) in [5, 5.41) is 4.90. The van der Waals surface area contributed by atoms with Gasteiger partial charge in [-0.1, -0.05) is 6.92 Å². The number of nitrogen functional groups attached to an aromatic ring is 1. The Morgan fingerprint density at radius 1 is 1.07 bits per heavy atom. The van der Waals surface area contributed by atoms with E-state index in [0.29, 0.717) is 13.2 Å². The fraction of sp³-hybridized carbons (Fsp3) is 0.364. The summed E-state index contributed by atoms with van der Waals surface area (Å²) in [5.41, 5.74) is 8.34. The second-order valence-electron chi connectivity index (χ2n) is 6.50. The zero-order valence-corrected chi connectivity index (χ0v) is 17.5. The van der Waals surface area contributed by atoms with Crippen molar-refractivity contribution in [3.63, 3.8) is 0 Å². The number of anilines is 1. The molecule has 0 saturated carbocycles. The van der Waals surface area contributed by atoms with Crippen LogP contribution in [0.25, 0.3) is 10.9 Å². The number of hydrogen-bond acceptors (Lipinski definition) is 6. The highest BCUT2D eigenvalue weighted by Gasteiger charge is 2.07. The van der Waals surface area contributed by atoms with Gasteiger partial charge in [-0.2, -0.15) is 5.10 Å². The first-order valence-electron chi connectivity index (χ1n) is 9.55. The minimum absolute atomic E-state index is 0.104. The summed E-state index contributed by atoms with van der Waals surface area (Å²) in [5.74, 6) is 1.55. The monoisotopic (exact) mass is 399 g/mol. The Kier molecular flexibility index (Phi) is 8.48. The molecule has 0 unspecified atom stereocenters. The molecule has 1 aromatic heterocycles. The molecule has 0 fully saturated rings. The number of benzene rings is 2. The Morgan fingerprint density at radius 2 is 1.76 bits per heavy atom. The SMILES string of the molecule is CCCOc1ccc(N)c(C)c1.COCCOc1ccc2c(cnn2C(C)=O)c1. The molecule has 2 N–H and O–H groups in total. The number of rotatable bonds is 7. The van der Waals surface area contributed by atoms with Crippen LogP contribution in [0, 0.1) is 6.92 Å². The van der Waals surface area contributed by atoms with Crippen molar-refractivity contribution in [1.82, 2.24) is 9.78 Å². The van der Waals surface area contributed by atoms with E-state index in [9.17, 15) is 4.79 Å². The molecule has 0 amide bonds. The molecular weight excluding hydrogens is 370 g/mol. The summed E-state index contributed by atoms with van der Waals surface area (Å²) in [6.07, 6.45) is 2.68. The van der Waals surface area contributed by atoms with E-state index >= 15 is 0 Å². The van der Waals surface area contributed by atoms with Gasteiger partial charge in [0.15, 0.2) is 0 Å². The van der Waals surface area contributed by atoms with Gasteiger partial charge < -0.3 is 19.9 Å². The Hall–Kier alpha value is -3.06. The molecule has 1 heterocycles. The van der Waals surface area contributed by atoms with Crippen molar-refractivity contribution in [2.24, 2.45) is 0 Å². The van der Waals surface area contributed by atoms with E-state index in [-0.39, 0.29) is 5.91 Å². The molecule has 0 bridgehead atoms. The molecule has 0 aliphatic rings. The van der Waals surface area contributed by atoms with Crippen LogP contribution in [0.3, 0.4) is 0 Å². The third-order valence-electron chi connectivity index (χ3n) is 4.11. The number of methoxy groups -OCH3 is 1. The molecule has 0 spiro atoms. The lowest BCUT2D eigenvalue weighted by molar-refractivity contribution is 0.0926. The van der Waals surface area contributed by atoms with E-state index in [0.717, 1.165) is 46.7 Å². The predicted molar refractivity (Wildman–Crippen MR) is 115 cm³/mol. The Balaban J connectivity index is 0.000000221. The van der Waals surface area contributed by atoms with Gasteiger partial charge in [0, 0.05) is 25.1 Å². The standard InChI is InChI=1S/C12H14N2O3.C10H15NO/c1-9(15)14-12-4-3-11(17-6-5-16-2)7-10(12)8-13-14;1-3-6-12-9-4-5-10(11)8(2)7-9/h3-4,7-8H,5-6H2,1-2H3;4-5,7H,3,6,11H2,1-2H3. The highest BCUT2D eigenvalue weighted by atomic mass is 16.5. The molecule has 156 valence electrons. The number of nitrogens with two attached hydrogens (primary N) is 1. The molecule has 0 atom stereocenters. The van der Waals surface area contributed by atoms with Crippen LogP contribution in [0.4, 0.5) is 5.69 Å². The van der Waals surface area contributed by atoms with E-state index in [4.69, 9.17) is 19.9 Å². The van der Waals surface area contributed by atoms with Crippen LogP contribution >= 0.6 is 0 Å². The molecule has 2 aromatic carbocycles. The first-order valence-corrected chi connectivity index (χ1v) is 9.55. The van der Waals surface area contributed by atoms with Gasteiger partial charge in [-0.25, -0.2) is 4.68 Å². The quantitative estimate of drug-likeness (QED) is 0.475. The summed E-state index contributed by atoms with van der Waals surface area (Å²) in [7, 11) is 1.63. The molecule has 0 aliphatic heterocycles. The molecule has 0 aliphatic carbocycles. The summed E-state index contributed by atoms with van der Waals surface area (Å²) in [4.78, 5) is 11.3. The number of hydrogen-bond donors (Lipinski definition) is 1. The first-order chi connectivity index (χ1) is 14.0. The van der Waals surface area contributed by atoms with Crippen molar-refractivity contribution in [1.29, 1.82) is 0 Å². The molecule has 0 radical (unpaired) electrons. The first kappa shape index (κ1) is 22.2. The number of carbonyl (C=O) groups is 1. The number of aryl methyl sites for hydroxylation is 1. The minimum Gasteiger partial charge on any atom is -0.494 e. The van der Waals surface area contributed by atoms with Crippen molar-refractivity contribution in [3.8, 4) is 11.5 Å². The molecular formula is C22H29N3O4. The van der Waals surface area contributed by atoms with E-state index in [1.165, 1.54) is 11.6 Å². The van der Waals surface area contributed by atoms with Crippen molar-refractivity contribution in [2.75, 3.05) is 32.7 Å². The van der Waals surface area contributed by atoms with Gasteiger partial charge in [0.25, 0.3) is 0 Å². The van der Waals surface area contributed by atoms with E-state index in [2.05, 4.69) is 12.0 Å². The summed E-state index contributed by atoms with van der Waals surface area (Å²) >= 11 is 0. The van der Waals surface area contributed by atoms with Gasteiger partial charge in [0.05, 0.1) is 24.9 Å². The van der Waals surface area contributed by atoms with Gasteiger partial charge in [-0.05, 0) is 55.3 Å². The lowest BCUT2D eigenvalue weighted by atomic mass is 10.2. The highest BCUT2D eigenvalue weighted by Crippen LogP contribution is 2.20. The number of aromatic nitrogens is 2. The van der Waals surface area contributed by atoms with Gasteiger partial charge in [0.2, 0.25) is 5.91 Å². The summed E-state index contributed by atoms with van der Waals surface area (Å²) in [6, 6.07) is 11.2.